The van der Waals surface area contributed by atoms with Gasteiger partial charge in [-0.1, -0.05) is 12.1 Å². The summed E-state index contributed by atoms with van der Waals surface area (Å²) in [7, 11) is 0. The first-order valence-electron chi connectivity index (χ1n) is 6.05. The van der Waals surface area contributed by atoms with Gasteiger partial charge in [-0.25, -0.2) is 4.98 Å². The molecule has 108 valence electrons. The molecule has 2 aromatic rings. The lowest BCUT2D eigenvalue weighted by molar-refractivity contribution is -0.274. The maximum Gasteiger partial charge on any atom is 0.573 e. The van der Waals surface area contributed by atoms with Gasteiger partial charge < -0.3 is 15.0 Å². The van der Waals surface area contributed by atoms with Crippen molar-refractivity contribution >= 4 is 0 Å². The Morgan fingerprint density at radius 2 is 1.95 bits per heavy atom. The van der Waals surface area contributed by atoms with Gasteiger partial charge in [0.05, 0.1) is 6.33 Å². The van der Waals surface area contributed by atoms with Gasteiger partial charge in [0.1, 0.15) is 5.75 Å². The number of ether oxygens (including phenoxy) is 1. The molecule has 0 aliphatic heterocycles. The van der Waals surface area contributed by atoms with E-state index in [1.165, 1.54) is 12.1 Å². The zero-order valence-corrected chi connectivity index (χ0v) is 10.6. The van der Waals surface area contributed by atoms with E-state index in [-0.39, 0.29) is 5.75 Å². The van der Waals surface area contributed by atoms with Crippen molar-refractivity contribution in [3.63, 3.8) is 0 Å². The number of hydrogen-bond acceptors (Lipinski definition) is 3. The van der Waals surface area contributed by atoms with E-state index in [9.17, 15) is 13.2 Å². The van der Waals surface area contributed by atoms with Gasteiger partial charge in [-0.3, -0.25) is 0 Å². The molecule has 0 aliphatic rings. The second-order valence-corrected chi connectivity index (χ2v) is 4.20. The van der Waals surface area contributed by atoms with E-state index in [1.807, 2.05) is 0 Å². The highest BCUT2D eigenvalue weighted by atomic mass is 19.4. The van der Waals surface area contributed by atoms with Crippen LogP contribution in [0, 0.1) is 0 Å². The van der Waals surface area contributed by atoms with Gasteiger partial charge in [0.2, 0.25) is 0 Å². The smallest absolute Gasteiger partial charge is 0.406 e. The second-order valence-electron chi connectivity index (χ2n) is 4.20. The number of alkyl halides is 3. The summed E-state index contributed by atoms with van der Waals surface area (Å²) in [6.07, 6.45) is -0.460. The van der Waals surface area contributed by atoms with Crippen LogP contribution in [0.25, 0.3) is 0 Å². The zero-order chi connectivity index (χ0) is 14.4. The lowest BCUT2D eigenvalue weighted by atomic mass is 10.2. The van der Waals surface area contributed by atoms with E-state index < -0.39 is 6.36 Å². The number of aromatic amines is 1. The van der Waals surface area contributed by atoms with E-state index in [0.29, 0.717) is 6.54 Å². The van der Waals surface area contributed by atoms with Gasteiger partial charge >= 0.3 is 6.36 Å². The Morgan fingerprint density at radius 1 is 1.20 bits per heavy atom. The highest BCUT2D eigenvalue weighted by Gasteiger charge is 2.30. The molecule has 2 N–H and O–H groups in total. The molecule has 0 unspecified atom stereocenters. The summed E-state index contributed by atoms with van der Waals surface area (Å²) < 4.78 is 39.7. The summed E-state index contributed by atoms with van der Waals surface area (Å²) in [6.45, 7) is 1.34. The molecule has 0 amide bonds. The van der Waals surface area contributed by atoms with E-state index in [0.717, 1.165) is 24.2 Å². The number of benzene rings is 1. The van der Waals surface area contributed by atoms with Crippen LogP contribution in [0.1, 0.15) is 11.3 Å². The van der Waals surface area contributed by atoms with Gasteiger partial charge in [-0.05, 0) is 17.7 Å². The minimum Gasteiger partial charge on any atom is -0.406 e. The van der Waals surface area contributed by atoms with Crippen LogP contribution in [-0.4, -0.2) is 22.9 Å². The van der Waals surface area contributed by atoms with Crippen LogP contribution >= 0.6 is 0 Å². The van der Waals surface area contributed by atoms with Crippen LogP contribution in [0.4, 0.5) is 13.2 Å². The highest BCUT2D eigenvalue weighted by molar-refractivity contribution is 5.27. The lowest BCUT2D eigenvalue weighted by Gasteiger charge is -2.09. The summed E-state index contributed by atoms with van der Waals surface area (Å²) in [6, 6.07) is 5.81. The van der Waals surface area contributed by atoms with E-state index in [1.54, 1.807) is 24.7 Å². The van der Waals surface area contributed by atoms with E-state index >= 15 is 0 Å². The molecule has 0 fully saturated rings. The molecule has 1 aromatic heterocycles. The Hall–Kier alpha value is -2.02. The normalized spacial score (nSPS) is 11.6. The van der Waals surface area contributed by atoms with Gasteiger partial charge in [0.25, 0.3) is 0 Å². The van der Waals surface area contributed by atoms with Gasteiger partial charge in [-0.2, -0.15) is 0 Å². The molecule has 0 bridgehead atoms. The minimum atomic E-state index is -4.65. The molecular weight excluding hydrogens is 271 g/mol. The molecule has 20 heavy (non-hydrogen) atoms. The number of hydrogen-bond donors (Lipinski definition) is 2. The Labute approximate surface area is 114 Å². The fourth-order valence-electron chi connectivity index (χ4n) is 1.69. The van der Waals surface area contributed by atoms with Crippen LogP contribution in [-0.2, 0) is 13.0 Å². The van der Waals surface area contributed by atoms with Gasteiger partial charge in [0, 0.05) is 31.4 Å². The predicted molar refractivity (Wildman–Crippen MR) is 67.1 cm³/mol. The highest BCUT2D eigenvalue weighted by Crippen LogP contribution is 2.22. The average molecular weight is 285 g/mol. The molecule has 0 saturated heterocycles. The van der Waals surface area contributed by atoms with Crippen molar-refractivity contribution in [2.24, 2.45) is 0 Å². The van der Waals surface area contributed by atoms with Crippen molar-refractivity contribution in [1.29, 1.82) is 0 Å². The lowest BCUT2D eigenvalue weighted by Crippen LogP contribution is -2.18. The number of halogens is 3. The third-order valence-electron chi connectivity index (χ3n) is 2.61. The summed E-state index contributed by atoms with van der Waals surface area (Å²) >= 11 is 0. The number of nitrogens with one attached hydrogen (secondary N) is 2. The van der Waals surface area contributed by atoms with Crippen molar-refractivity contribution in [2.45, 2.75) is 19.3 Å². The van der Waals surface area contributed by atoms with Crippen molar-refractivity contribution in [2.75, 3.05) is 6.54 Å². The third-order valence-corrected chi connectivity index (χ3v) is 2.61. The van der Waals surface area contributed by atoms with Crippen molar-refractivity contribution in [3.05, 3.63) is 48.0 Å². The molecule has 0 aliphatic carbocycles. The number of aromatic nitrogens is 2. The molecule has 7 heteroatoms. The molecule has 2 rings (SSSR count). The first-order chi connectivity index (χ1) is 9.53. The average Bonchev–Trinajstić information content (AvgIpc) is 2.88. The maximum atomic E-state index is 12.0. The number of imidazole rings is 1. The Morgan fingerprint density at radius 3 is 2.55 bits per heavy atom. The molecular formula is C13H14F3N3O. The topological polar surface area (TPSA) is 49.9 Å². The fourth-order valence-corrected chi connectivity index (χ4v) is 1.69. The molecule has 0 spiro atoms. The minimum absolute atomic E-state index is 0.210. The first kappa shape index (κ1) is 14.4. The van der Waals surface area contributed by atoms with Gasteiger partial charge in [-0.15, -0.1) is 13.2 Å². The van der Waals surface area contributed by atoms with Crippen LogP contribution in [0.15, 0.2) is 36.8 Å². The SMILES string of the molecule is FC(F)(F)Oc1ccc(CNCCc2cnc[nH]2)cc1. The van der Waals surface area contributed by atoms with Gasteiger partial charge in [0.15, 0.2) is 0 Å². The summed E-state index contributed by atoms with van der Waals surface area (Å²) in [5.74, 6) is -0.210. The number of rotatable bonds is 6. The van der Waals surface area contributed by atoms with E-state index in [2.05, 4.69) is 20.0 Å². The predicted octanol–water partition coefficient (Wildman–Crippen LogP) is 2.64. The third kappa shape index (κ3) is 4.93. The quantitative estimate of drug-likeness (QED) is 0.802. The Kier molecular flexibility index (Phi) is 4.62. The zero-order valence-electron chi connectivity index (χ0n) is 10.6. The van der Waals surface area contributed by atoms with Crippen molar-refractivity contribution in [1.82, 2.24) is 15.3 Å². The monoisotopic (exact) mass is 285 g/mol. The number of H-pyrrole nitrogens is 1. The van der Waals surface area contributed by atoms with Crippen LogP contribution in [0.3, 0.4) is 0 Å². The Balaban J connectivity index is 1.73. The first-order valence-corrected chi connectivity index (χ1v) is 6.05. The molecule has 0 saturated carbocycles. The molecule has 0 radical (unpaired) electrons. The summed E-state index contributed by atoms with van der Waals surface area (Å²) in [5, 5.41) is 3.20. The van der Waals surface area contributed by atoms with Crippen LogP contribution in [0.5, 0.6) is 5.75 Å². The molecule has 1 heterocycles. The maximum absolute atomic E-state index is 12.0. The fraction of sp³-hybridized carbons (Fsp3) is 0.308. The summed E-state index contributed by atoms with van der Waals surface area (Å²) in [4.78, 5) is 6.90. The Bertz CT molecular complexity index is 509. The van der Waals surface area contributed by atoms with Crippen LogP contribution in [0.2, 0.25) is 0 Å². The standard InChI is InChI=1S/C13H14F3N3O/c14-13(15,16)20-12-3-1-10(2-4-12)7-17-6-5-11-8-18-9-19-11/h1-4,8-9,17H,5-7H2,(H,18,19). The van der Waals surface area contributed by atoms with Crippen molar-refractivity contribution < 1.29 is 17.9 Å². The van der Waals surface area contributed by atoms with Crippen LogP contribution < -0.4 is 10.1 Å². The van der Waals surface area contributed by atoms with Crippen molar-refractivity contribution in [3.8, 4) is 5.75 Å². The molecule has 4 nitrogen and oxygen atoms in total. The second kappa shape index (κ2) is 6.42. The molecule has 0 atom stereocenters. The largest absolute Gasteiger partial charge is 0.573 e. The molecule has 1 aromatic carbocycles. The van der Waals surface area contributed by atoms with E-state index in [4.69, 9.17) is 0 Å². The summed E-state index contributed by atoms with van der Waals surface area (Å²) in [5.41, 5.74) is 1.93. The number of nitrogens with zero attached hydrogens (tertiary/aromatic N) is 1.